The molecule has 1 aromatic heterocycles. The number of hydrogen-bond acceptors (Lipinski definition) is 4. The molecule has 0 aliphatic carbocycles. The third-order valence-corrected chi connectivity index (χ3v) is 4.23. The minimum absolute atomic E-state index is 0.205. The molecule has 1 unspecified atom stereocenters. The number of rotatable bonds is 7. The average molecular weight is 304 g/mol. The molecule has 1 atom stereocenters. The van der Waals surface area contributed by atoms with Crippen LogP contribution in [0.2, 0.25) is 0 Å². The van der Waals surface area contributed by atoms with E-state index in [2.05, 4.69) is 29.0 Å². The molecule has 2 rings (SSSR count). The van der Waals surface area contributed by atoms with Crippen LogP contribution in [0.15, 0.2) is 24.5 Å². The summed E-state index contributed by atoms with van der Waals surface area (Å²) >= 11 is 0. The fourth-order valence-electron chi connectivity index (χ4n) is 2.94. The fourth-order valence-corrected chi connectivity index (χ4v) is 2.94. The number of likely N-dealkylation sites (N-methyl/N-ethyl adjacent to an activating group) is 1. The van der Waals surface area contributed by atoms with Gasteiger partial charge in [-0.2, -0.15) is 0 Å². The summed E-state index contributed by atoms with van der Waals surface area (Å²) in [5.41, 5.74) is 1.00. The third-order valence-electron chi connectivity index (χ3n) is 4.23. The van der Waals surface area contributed by atoms with E-state index in [0.29, 0.717) is 0 Å². The number of unbranched alkanes of at least 4 members (excludes halogenated alkanes) is 1. The number of hydrogen-bond donors (Lipinski definition) is 1. The second kappa shape index (κ2) is 8.86. The first-order valence-corrected chi connectivity index (χ1v) is 8.41. The van der Waals surface area contributed by atoms with Crippen molar-refractivity contribution in [1.29, 1.82) is 0 Å². The van der Waals surface area contributed by atoms with E-state index in [4.69, 9.17) is 0 Å². The lowest BCUT2D eigenvalue weighted by atomic mass is 10.0. The van der Waals surface area contributed by atoms with Crippen molar-refractivity contribution < 1.29 is 4.79 Å². The molecule has 0 spiro atoms. The van der Waals surface area contributed by atoms with Crippen molar-refractivity contribution >= 4 is 5.91 Å². The van der Waals surface area contributed by atoms with Gasteiger partial charge in [-0.1, -0.05) is 26.3 Å². The Balaban J connectivity index is 2.21. The lowest BCUT2D eigenvalue weighted by molar-refractivity contribution is -0.138. The summed E-state index contributed by atoms with van der Waals surface area (Å²) in [5.74, 6) is 0.215. The Bertz CT molecular complexity index is 445. The predicted octanol–water partition coefficient (Wildman–Crippen LogP) is 1.68. The zero-order chi connectivity index (χ0) is 15.8. The quantitative estimate of drug-likeness (QED) is 0.832. The van der Waals surface area contributed by atoms with Gasteiger partial charge >= 0.3 is 0 Å². The Labute approximate surface area is 133 Å². The van der Waals surface area contributed by atoms with Gasteiger partial charge in [-0.05, 0) is 31.1 Å². The Morgan fingerprint density at radius 1 is 1.41 bits per heavy atom. The summed E-state index contributed by atoms with van der Waals surface area (Å²) in [6.45, 7) is 9.48. The van der Waals surface area contributed by atoms with Crippen LogP contribution in [0.5, 0.6) is 0 Å². The first kappa shape index (κ1) is 16.9. The van der Waals surface area contributed by atoms with Crippen molar-refractivity contribution in [2.24, 2.45) is 0 Å². The van der Waals surface area contributed by atoms with Crippen LogP contribution >= 0.6 is 0 Å². The lowest BCUT2D eigenvalue weighted by Gasteiger charge is -2.36. The van der Waals surface area contributed by atoms with E-state index in [1.54, 1.807) is 6.20 Å². The number of nitrogens with one attached hydrogen (secondary N) is 1. The molecule has 1 amide bonds. The number of piperazine rings is 1. The molecule has 5 nitrogen and oxygen atoms in total. The molecule has 0 aromatic carbocycles. The average Bonchev–Trinajstić information content (AvgIpc) is 2.59. The molecule has 0 radical (unpaired) electrons. The van der Waals surface area contributed by atoms with Gasteiger partial charge in [0, 0.05) is 38.6 Å². The molecular formula is C17H28N4O. The van der Waals surface area contributed by atoms with Crippen LogP contribution in [-0.2, 0) is 4.79 Å². The van der Waals surface area contributed by atoms with Crippen molar-refractivity contribution in [3.8, 4) is 0 Å². The van der Waals surface area contributed by atoms with Gasteiger partial charge in [0.25, 0.3) is 0 Å². The number of amides is 1. The van der Waals surface area contributed by atoms with Crippen molar-refractivity contribution in [2.45, 2.75) is 32.7 Å². The summed E-state index contributed by atoms with van der Waals surface area (Å²) in [7, 11) is 0. The Morgan fingerprint density at radius 2 is 2.18 bits per heavy atom. The molecular weight excluding hydrogens is 276 g/mol. The molecule has 1 aromatic rings. The van der Waals surface area contributed by atoms with E-state index in [9.17, 15) is 4.79 Å². The van der Waals surface area contributed by atoms with Gasteiger partial charge in [-0.3, -0.25) is 14.7 Å². The molecule has 5 heteroatoms. The van der Waals surface area contributed by atoms with Gasteiger partial charge in [0.2, 0.25) is 5.91 Å². The number of carbonyl (C=O) groups is 1. The molecule has 2 heterocycles. The zero-order valence-corrected chi connectivity index (χ0v) is 13.8. The maximum atomic E-state index is 13.1. The van der Waals surface area contributed by atoms with Gasteiger partial charge in [0.1, 0.15) is 6.04 Å². The van der Waals surface area contributed by atoms with Crippen LogP contribution in [-0.4, -0.2) is 60.0 Å². The Kier molecular flexibility index (Phi) is 6.80. The number of nitrogens with zero attached hydrogens (tertiary/aromatic N) is 3. The SMILES string of the molecule is CCCCN(CC)C(C(=O)N1CCNCC1)c1cccnc1. The topological polar surface area (TPSA) is 48.5 Å². The smallest absolute Gasteiger partial charge is 0.244 e. The van der Waals surface area contributed by atoms with Crippen LogP contribution < -0.4 is 5.32 Å². The van der Waals surface area contributed by atoms with Crippen LogP contribution in [0.4, 0.5) is 0 Å². The van der Waals surface area contributed by atoms with Crippen LogP contribution in [0.1, 0.15) is 38.3 Å². The van der Waals surface area contributed by atoms with E-state index in [1.165, 1.54) is 0 Å². The van der Waals surface area contributed by atoms with Gasteiger partial charge < -0.3 is 10.2 Å². The number of aromatic nitrogens is 1. The number of carbonyl (C=O) groups excluding carboxylic acids is 1. The van der Waals surface area contributed by atoms with E-state index in [1.807, 2.05) is 23.2 Å². The summed E-state index contributed by atoms with van der Waals surface area (Å²) in [6, 6.07) is 3.73. The van der Waals surface area contributed by atoms with E-state index < -0.39 is 0 Å². The minimum atomic E-state index is -0.205. The standard InChI is InChI=1S/C17H28N4O/c1-3-5-11-20(4-2)16(15-7-6-8-19-14-15)17(22)21-12-9-18-10-13-21/h6-8,14,16,18H,3-5,9-13H2,1-2H3. The van der Waals surface area contributed by atoms with Gasteiger partial charge in [-0.25, -0.2) is 0 Å². The summed E-state index contributed by atoms with van der Waals surface area (Å²) in [4.78, 5) is 21.6. The number of pyridine rings is 1. The van der Waals surface area contributed by atoms with Crippen molar-refractivity contribution in [2.75, 3.05) is 39.3 Å². The van der Waals surface area contributed by atoms with E-state index in [-0.39, 0.29) is 11.9 Å². The zero-order valence-electron chi connectivity index (χ0n) is 13.8. The molecule has 0 bridgehead atoms. The minimum Gasteiger partial charge on any atom is -0.338 e. The molecule has 0 saturated carbocycles. The highest BCUT2D eigenvalue weighted by molar-refractivity contribution is 5.83. The fraction of sp³-hybridized carbons (Fsp3) is 0.647. The third kappa shape index (κ3) is 4.27. The van der Waals surface area contributed by atoms with Gasteiger partial charge in [0.05, 0.1) is 0 Å². The van der Waals surface area contributed by atoms with Crippen LogP contribution in [0, 0.1) is 0 Å². The molecule has 22 heavy (non-hydrogen) atoms. The first-order chi connectivity index (χ1) is 10.8. The maximum Gasteiger partial charge on any atom is 0.244 e. The summed E-state index contributed by atoms with van der Waals surface area (Å²) in [5, 5.41) is 3.31. The summed E-state index contributed by atoms with van der Waals surface area (Å²) < 4.78 is 0. The van der Waals surface area contributed by atoms with Crippen LogP contribution in [0.3, 0.4) is 0 Å². The summed E-state index contributed by atoms with van der Waals surface area (Å²) in [6.07, 6.45) is 5.84. The monoisotopic (exact) mass is 304 g/mol. The molecule has 1 aliphatic rings. The van der Waals surface area contributed by atoms with Crippen molar-refractivity contribution in [3.05, 3.63) is 30.1 Å². The van der Waals surface area contributed by atoms with E-state index >= 15 is 0 Å². The van der Waals surface area contributed by atoms with E-state index in [0.717, 1.165) is 57.7 Å². The lowest BCUT2D eigenvalue weighted by Crippen LogP contribution is -2.51. The largest absolute Gasteiger partial charge is 0.338 e. The van der Waals surface area contributed by atoms with Gasteiger partial charge in [0.15, 0.2) is 0 Å². The highest BCUT2D eigenvalue weighted by Crippen LogP contribution is 2.23. The van der Waals surface area contributed by atoms with Gasteiger partial charge in [-0.15, -0.1) is 0 Å². The molecule has 1 aliphatic heterocycles. The molecule has 1 fully saturated rings. The highest BCUT2D eigenvalue weighted by Gasteiger charge is 2.31. The molecule has 1 saturated heterocycles. The normalized spacial score (nSPS) is 16.8. The van der Waals surface area contributed by atoms with Crippen molar-refractivity contribution in [3.63, 3.8) is 0 Å². The second-order valence-electron chi connectivity index (χ2n) is 5.75. The molecule has 1 N–H and O–H groups in total. The first-order valence-electron chi connectivity index (χ1n) is 8.41. The highest BCUT2D eigenvalue weighted by atomic mass is 16.2. The van der Waals surface area contributed by atoms with Crippen molar-refractivity contribution in [1.82, 2.24) is 20.1 Å². The second-order valence-corrected chi connectivity index (χ2v) is 5.75. The molecule has 122 valence electrons. The predicted molar refractivity (Wildman–Crippen MR) is 88.6 cm³/mol. The Morgan fingerprint density at radius 3 is 2.77 bits per heavy atom. The maximum absolute atomic E-state index is 13.1. The Hall–Kier alpha value is -1.46. The van der Waals surface area contributed by atoms with Crippen LogP contribution in [0.25, 0.3) is 0 Å².